The van der Waals surface area contributed by atoms with E-state index in [9.17, 15) is 13.2 Å². The fourth-order valence-corrected chi connectivity index (χ4v) is 4.06. The zero-order valence-corrected chi connectivity index (χ0v) is 12.1. The molecule has 1 fully saturated rings. The molecular weight excluding hydrogens is 292 g/mol. The summed E-state index contributed by atoms with van der Waals surface area (Å²) in [4.78, 5) is 14.5. The van der Waals surface area contributed by atoms with Gasteiger partial charge in [0.15, 0.2) is 0 Å². The third-order valence-electron chi connectivity index (χ3n) is 3.56. The van der Waals surface area contributed by atoms with E-state index in [0.717, 1.165) is 0 Å². The van der Waals surface area contributed by atoms with Gasteiger partial charge in [-0.25, -0.2) is 8.42 Å². The highest BCUT2D eigenvalue weighted by Gasteiger charge is 2.28. The molecule has 2 aromatic rings. The van der Waals surface area contributed by atoms with Gasteiger partial charge in [-0.15, -0.1) is 0 Å². The lowest BCUT2D eigenvalue weighted by atomic mass is 10.2. The van der Waals surface area contributed by atoms with E-state index in [1.165, 1.54) is 10.5 Å². The predicted octanol–water partition coefficient (Wildman–Crippen LogP) is 0.261. The summed E-state index contributed by atoms with van der Waals surface area (Å²) < 4.78 is 26.8. The van der Waals surface area contributed by atoms with Crippen molar-refractivity contribution in [2.75, 3.05) is 25.4 Å². The number of carbonyl (C=O) groups is 1. The minimum absolute atomic E-state index is 0.126. The summed E-state index contributed by atoms with van der Waals surface area (Å²) in [6, 6.07) is 5.06. The highest BCUT2D eigenvalue weighted by atomic mass is 32.2. The second-order valence-corrected chi connectivity index (χ2v) is 6.87. The third kappa shape index (κ3) is 2.47. The van der Waals surface area contributed by atoms with Crippen molar-refractivity contribution < 1.29 is 13.2 Å². The largest absolute Gasteiger partial charge is 0.399 e. The Morgan fingerprint density at radius 1 is 1.24 bits per heavy atom. The highest BCUT2D eigenvalue weighted by molar-refractivity contribution is 7.89. The molecule has 1 amide bonds. The molecule has 7 nitrogen and oxygen atoms in total. The molecule has 1 aromatic heterocycles. The molecule has 1 saturated heterocycles. The van der Waals surface area contributed by atoms with E-state index in [2.05, 4.69) is 10.3 Å². The zero-order chi connectivity index (χ0) is 15.0. The second kappa shape index (κ2) is 5.05. The highest BCUT2D eigenvalue weighted by Crippen LogP contribution is 2.27. The Kier molecular flexibility index (Phi) is 3.34. The van der Waals surface area contributed by atoms with Crippen molar-refractivity contribution in [3.63, 3.8) is 0 Å². The molecule has 112 valence electrons. The molecule has 0 saturated carbocycles. The Morgan fingerprint density at radius 2 is 2.05 bits per heavy atom. The maximum Gasteiger partial charge on any atom is 0.245 e. The number of anilines is 1. The molecule has 0 radical (unpaired) electrons. The van der Waals surface area contributed by atoms with Gasteiger partial charge in [0.2, 0.25) is 15.9 Å². The van der Waals surface area contributed by atoms with Crippen LogP contribution >= 0.6 is 0 Å². The average Bonchev–Trinajstić information content (AvgIpc) is 2.73. The first kappa shape index (κ1) is 13.9. The van der Waals surface area contributed by atoms with Gasteiger partial charge in [0.05, 0.1) is 0 Å². The molecular formula is C13H16N4O3S. The first-order chi connectivity index (χ1) is 9.98. The van der Waals surface area contributed by atoms with Gasteiger partial charge in [-0.1, -0.05) is 0 Å². The van der Waals surface area contributed by atoms with Gasteiger partial charge in [0.1, 0.15) is 4.90 Å². The number of carbonyl (C=O) groups excluding carboxylic acids is 1. The number of benzene rings is 1. The van der Waals surface area contributed by atoms with Crippen molar-refractivity contribution in [3.05, 3.63) is 24.4 Å². The van der Waals surface area contributed by atoms with E-state index >= 15 is 0 Å². The minimum atomic E-state index is -3.64. The van der Waals surface area contributed by atoms with Gasteiger partial charge >= 0.3 is 0 Å². The van der Waals surface area contributed by atoms with E-state index in [1.807, 2.05) is 0 Å². The van der Waals surface area contributed by atoms with Crippen LogP contribution in [0.1, 0.15) is 6.42 Å². The lowest BCUT2D eigenvalue weighted by molar-refractivity contribution is -0.120. The lowest BCUT2D eigenvalue weighted by Gasteiger charge is -2.18. The van der Waals surface area contributed by atoms with Crippen LogP contribution in [0.25, 0.3) is 10.9 Å². The van der Waals surface area contributed by atoms with Crippen molar-refractivity contribution in [3.8, 4) is 0 Å². The number of H-pyrrole nitrogens is 1. The maximum absolute atomic E-state index is 12.7. The van der Waals surface area contributed by atoms with Crippen molar-refractivity contribution in [2.24, 2.45) is 0 Å². The first-order valence-corrected chi connectivity index (χ1v) is 8.06. The van der Waals surface area contributed by atoms with Crippen LogP contribution in [-0.4, -0.2) is 43.2 Å². The number of sulfonamides is 1. The smallest absolute Gasteiger partial charge is 0.245 e. The predicted molar refractivity (Wildman–Crippen MR) is 79.1 cm³/mol. The summed E-state index contributed by atoms with van der Waals surface area (Å²) in [6.07, 6.45) is 1.65. The van der Waals surface area contributed by atoms with Crippen molar-refractivity contribution >= 4 is 32.5 Å². The summed E-state index contributed by atoms with van der Waals surface area (Å²) in [7, 11) is -3.64. The van der Waals surface area contributed by atoms with Crippen LogP contribution in [0.2, 0.25) is 0 Å². The molecule has 0 bridgehead atoms. The van der Waals surface area contributed by atoms with Crippen LogP contribution in [0.15, 0.2) is 29.3 Å². The molecule has 3 rings (SSSR count). The fraction of sp³-hybridized carbons (Fsp3) is 0.308. The molecule has 0 aliphatic carbocycles. The van der Waals surface area contributed by atoms with Crippen LogP contribution in [0.5, 0.6) is 0 Å². The Labute approximate surface area is 122 Å². The molecule has 21 heavy (non-hydrogen) atoms. The number of rotatable bonds is 2. The van der Waals surface area contributed by atoms with Crippen LogP contribution in [0.3, 0.4) is 0 Å². The molecule has 4 N–H and O–H groups in total. The standard InChI is InChI=1S/C13H16N4O3S/c14-9-1-2-10-11(7-9)16-8-12(10)21(19,20)17-5-3-13(18)15-4-6-17/h1-2,7-8,16H,3-6,14H2,(H,15,18). The number of nitrogens with two attached hydrogens (primary N) is 1. The summed E-state index contributed by atoms with van der Waals surface area (Å²) in [5, 5.41) is 3.27. The monoisotopic (exact) mass is 308 g/mol. The van der Waals surface area contributed by atoms with Gasteiger partial charge in [-0.05, 0) is 18.2 Å². The summed E-state index contributed by atoms with van der Waals surface area (Å²) in [5.41, 5.74) is 6.94. The van der Waals surface area contributed by atoms with E-state index in [-0.39, 0.29) is 30.3 Å². The van der Waals surface area contributed by atoms with E-state index in [0.29, 0.717) is 23.1 Å². The molecule has 0 atom stereocenters. The van der Waals surface area contributed by atoms with E-state index in [1.54, 1.807) is 18.2 Å². The number of fused-ring (bicyclic) bond motifs is 1. The normalized spacial score (nSPS) is 17.6. The lowest BCUT2D eigenvalue weighted by Crippen LogP contribution is -2.34. The molecule has 2 heterocycles. The Balaban J connectivity index is 2.02. The summed E-state index contributed by atoms with van der Waals surface area (Å²) in [6.45, 7) is 0.791. The second-order valence-electron chi connectivity index (χ2n) is 4.96. The quantitative estimate of drug-likeness (QED) is 0.691. The number of nitrogen functional groups attached to an aromatic ring is 1. The number of hydrogen-bond donors (Lipinski definition) is 3. The third-order valence-corrected chi connectivity index (χ3v) is 5.50. The molecule has 0 unspecified atom stereocenters. The summed E-state index contributed by atoms with van der Waals surface area (Å²) in [5.74, 6) is -0.126. The van der Waals surface area contributed by atoms with Gasteiger partial charge in [-0.2, -0.15) is 4.31 Å². The fourth-order valence-electron chi connectivity index (χ4n) is 2.46. The van der Waals surface area contributed by atoms with Gasteiger partial charge in [0.25, 0.3) is 0 Å². The SMILES string of the molecule is Nc1ccc2c(S(=O)(=O)N3CCNC(=O)CC3)c[nH]c2c1. The molecule has 1 aliphatic heterocycles. The van der Waals surface area contributed by atoms with Crippen LogP contribution < -0.4 is 11.1 Å². The maximum atomic E-state index is 12.7. The van der Waals surface area contributed by atoms with Crippen LogP contribution in [0.4, 0.5) is 5.69 Å². The summed E-state index contributed by atoms with van der Waals surface area (Å²) >= 11 is 0. The zero-order valence-electron chi connectivity index (χ0n) is 11.3. The molecule has 1 aliphatic rings. The van der Waals surface area contributed by atoms with Gasteiger partial charge < -0.3 is 16.0 Å². The van der Waals surface area contributed by atoms with Gasteiger partial charge in [0, 0.05) is 48.8 Å². The van der Waals surface area contributed by atoms with Crippen molar-refractivity contribution in [1.82, 2.24) is 14.6 Å². The molecule has 0 spiro atoms. The van der Waals surface area contributed by atoms with E-state index in [4.69, 9.17) is 5.73 Å². The Morgan fingerprint density at radius 3 is 2.86 bits per heavy atom. The number of nitrogens with zero attached hydrogens (tertiary/aromatic N) is 1. The number of aromatic amines is 1. The minimum Gasteiger partial charge on any atom is -0.399 e. The topological polar surface area (TPSA) is 108 Å². The van der Waals surface area contributed by atoms with Crippen LogP contribution in [-0.2, 0) is 14.8 Å². The average molecular weight is 308 g/mol. The number of hydrogen-bond acceptors (Lipinski definition) is 4. The van der Waals surface area contributed by atoms with Crippen molar-refractivity contribution in [1.29, 1.82) is 0 Å². The van der Waals surface area contributed by atoms with Gasteiger partial charge in [-0.3, -0.25) is 4.79 Å². The number of aromatic nitrogens is 1. The van der Waals surface area contributed by atoms with E-state index < -0.39 is 10.0 Å². The first-order valence-electron chi connectivity index (χ1n) is 6.62. The van der Waals surface area contributed by atoms with Crippen molar-refractivity contribution in [2.45, 2.75) is 11.3 Å². The Bertz CT molecular complexity index is 797. The van der Waals surface area contributed by atoms with Crippen LogP contribution in [0, 0.1) is 0 Å². The Hall–Kier alpha value is -2.06. The molecule has 8 heteroatoms. The number of nitrogens with one attached hydrogen (secondary N) is 2. The molecule has 1 aromatic carbocycles. The number of amides is 1.